The molecule has 12 heavy (non-hydrogen) atoms. The molecule has 68 valence electrons. The summed E-state index contributed by atoms with van der Waals surface area (Å²) in [4.78, 5) is 19.8. The topological polar surface area (TPSA) is 70.6 Å². The summed E-state index contributed by atoms with van der Waals surface area (Å²) in [6.45, 7) is 2.96. The first-order chi connectivity index (χ1) is 5.04. The Hall–Kier alpha value is -0.632. The molecule has 1 rings (SSSR count). The Balaban J connectivity index is 0.00000121. The molecule has 0 saturated heterocycles. The summed E-state index contributed by atoms with van der Waals surface area (Å²) < 4.78 is 4.67. The third kappa shape index (κ3) is 1.75. The quantitative estimate of drug-likeness (QED) is 0.361. The third-order valence-electron chi connectivity index (χ3n) is 1.53. The molecule has 0 aromatic heterocycles. The number of hydrogen-bond donors (Lipinski definition) is 0. The maximum atomic E-state index is 10.9. The summed E-state index contributed by atoms with van der Waals surface area (Å²) in [7, 11) is 0. The summed E-state index contributed by atoms with van der Waals surface area (Å²) in [6, 6.07) is 0. The van der Waals surface area contributed by atoms with Gasteiger partial charge in [-0.05, 0) is 6.92 Å². The molecule has 0 saturated carbocycles. The van der Waals surface area contributed by atoms with Crippen LogP contribution in [0, 0.1) is 0 Å². The van der Waals surface area contributed by atoms with E-state index >= 15 is 0 Å². The number of esters is 1. The summed E-state index contributed by atoms with van der Waals surface area (Å²) in [5.74, 6) is -0.707. The predicted molar refractivity (Wildman–Crippen MR) is 38.8 cm³/mol. The summed E-state index contributed by atoms with van der Waals surface area (Å²) in [5.41, 5.74) is -0.00231. The van der Waals surface area contributed by atoms with Crippen LogP contribution in [0.5, 0.6) is 0 Å². The molecule has 1 atom stereocenters. The first-order valence-electron chi connectivity index (χ1n) is 3.23. The Labute approximate surface area is 83.9 Å². The van der Waals surface area contributed by atoms with Gasteiger partial charge in [-0.1, -0.05) is 0 Å². The number of ether oxygens (including phenoxy) is 1. The van der Waals surface area contributed by atoms with Crippen molar-refractivity contribution in [1.82, 2.24) is 0 Å². The van der Waals surface area contributed by atoms with Crippen molar-refractivity contribution >= 4 is 11.8 Å². The van der Waals surface area contributed by atoms with Crippen molar-refractivity contribution in [3.8, 4) is 0 Å². The van der Waals surface area contributed by atoms with Gasteiger partial charge in [0.2, 0.25) is 6.10 Å². The fourth-order valence-corrected chi connectivity index (χ4v) is 0.934. The number of cyclic esters (lactones) is 1. The Morgan fingerprint density at radius 3 is 2.33 bits per heavy atom. The second kappa shape index (κ2) is 3.85. The number of carbonyl (C=O) groups excluding carboxylic acids is 2. The van der Waals surface area contributed by atoms with Crippen LogP contribution in [0.1, 0.15) is 13.8 Å². The molecule has 3 N–H and O–H groups in total. The second-order valence-electron chi connectivity index (χ2n) is 2.42. The van der Waals surface area contributed by atoms with Gasteiger partial charge in [-0.15, -0.1) is 0 Å². The van der Waals surface area contributed by atoms with E-state index in [-0.39, 0.29) is 38.2 Å². The molecule has 0 aromatic carbocycles. The summed E-state index contributed by atoms with van der Waals surface area (Å²) in [6.07, 6.45) is -0.528. The van der Waals surface area contributed by atoms with Crippen LogP contribution in [0.2, 0.25) is 0 Å². The Kier molecular flexibility index (Phi) is 3.65. The van der Waals surface area contributed by atoms with Gasteiger partial charge in [0, 0.05) is 0 Å². The van der Waals surface area contributed by atoms with Crippen LogP contribution in [-0.2, 0) is 30.6 Å². The van der Waals surface area contributed by atoms with Crippen molar-refractivity contribution in [1.29, 1.82) is 0 Å². The van der Waals surface area contributed by atoms with Gasteiger partial charge in [-0.2, -0.15) is 0 Å². The molecule has 1 aliphatic rings. The molecular weight excluding hydrogens is 343 g/mol. The smallest absolute Gasteiger partial charge is 0.593 e. The Bertz CT molecular complexity index is 256. The van der Waals surface area contributed by atoms with E-state index < -0.39 is 12.1 Å². The normalized spacial score (nSPS) is 21.8. The number of hydrogen-bond acceptors (Lipinski definition) is 2. The van der Waals surface area contributed by atoms with E-state index in [1.807, 2.05) is 0 Å². The summed E-state index contributed by atoms with van der Waals surface area (Å²) >= 11 is 0. The van der Waals surface area contributed by atoms with E-state index in [2.05, 4.69) is 4.74 Å². The monoisotopic (exact) mass is 353 g/mol. The standard InChI is InChI=1S/C7H8O4.Pt/c1-3(8)5-6(9)4(2)11-7(5)10;/h4,9H,1-2H3;/q;+2/p+2. The first-order valence-corrected chi connectivity index (χ1v) is 3.23. The van der Waals surface area contributed by atoms with Crippen LogP contribution in [-0.4, -0.2) is 27.8 Å². The van der Waals surface area contributed by atoms with Gasteiger partial charge in [0.1, 0.15) is 0 Å². The van der Waals surface area contributed by atoms with E-state index in [4.69, 9.17) is 9.90 Å². The zero-order valence-electron chi connectivity index (χ0n) is 6.66. The van der Waals surface area contributed by atoms with Crippen molar-refractivity contribution in [3.05, 3.63) is 11.3 Å². The van der Waals surface area contributed by atoms with Crippen molar-refractivity contribution in [2.45, 2.75) is 20.0 Å². The number of carbonyl (C=O) groups is 1. The molecule has 0 bridgehead atoms. The predicted octanol–water partition coefficient (Wildman–Crippen LogP) is -0.527. The SMILES string of the molecule is CC(=[OH+])C1=C([OH2+])C(C)OC1=O.[Pt+2]. The Morgan fingerprint density at radius 1 is 1.67 bits per heavy atom. The minimum absolute atomic E-state index is 0. The second-order valence-corrected chi connectivity index (χ2v) is 2.42. The van der Waals surface area contributed by atoms with Crippen LogP contribution in [0.15, 0.2) is 11.3 Å². The average molecular weight is 353 g/mol. The molecule has 4 nitrogen and oxygen atoms in total. The van der Waals surface area contributed by atoms with Gasteiger partial charge in [0.05, 0.1) is 6.92 Å². The van der Waals surface area contributed by atoms with Crippen molar-refractivity contribution in [2.24, 2.45) is 0 Å². The minimum Gasteiger partial charge on any atom is -0.593 e. The maximum Gasteiger partial charge on any atom is 2.00 e. The van der Waals surface area contributed by atoms with Crippen LogP contribution in [0.3, 0.4) is 0 Å². The Morgan fingerprint density at radius 2 is 2.17 bits per heavy atom. The van der Waals surface area contributed by atoms with Crippen LogP contribution >= 0.6 is 0 Å². The molecule has 1 heterocycles. The summed E-state index contributed by atoms with van der Waals surface area (Å²) in [5, 5.41) is 7.31. The maximum absolute atomic E-state index is 10.9. The van der Waals surface area contributed by atoms with Crippen molar-refractivity contribution in [2.75, 3.05) is 0 Å². The van der Waals surface area contributed by atoms with E-state index in [1.165, 1.54) is 6.92 Å². The molecular formula is C7H10O4Pt+4. The fourth-order valence-electron chi connectivity index (χ4n) is 0.934. The average Bonchev–Trinajstić information content (AvgIpc) is 2.07. The van der Waals surface area contributed by atoms with Crippen molar-refractivity contribution in [3.63, 3.8) is 0 Å². The van der Waals surface area contributed by atoms with E-state index in [9.17, 15) is 4.79 Å². The molecule has 1 aliphatic heterocycles. The van der Waals surface area contributed by atoms with E-state index in [0.717, 1.165) is 0 Å². The molecule has 0 aliphatic carbocycles. The van der Waals surface area contributed by atoms with E-state index in [1.54, 1.807) is 6.92 Å². The van der Waals surface area contributed by atoms with Gasteiger partial charge < -0.3 is 9.84 Å². The van der Waals surface area contributed by atoms with E-state index in [0.29, 0.717) is 0 Å². The molecule has 0 amide bonds. The van der Waals surface area contributed by atoms with Crippen molar-refractivity contribution < 1.29 is 40.5 Å². The minimum atomic E-state index is -0.609. The van der Waals surface area contributed by atoms with Gasteiger partial charge >= 0.3 is 32.8 Å². The molecule has 0 spiro atoms. The molecule has 0 fully saturated rings. The van der Waals surface area contributed by atoms with Gasteiger partial charge in [0.15, 0.2) is 0 Å². The zero-order valence-corrected chi connectivity index (χ0v) is 8.93. The van der Waals surface area contributed by atoms with Crippen LogP contribution in [0.25, 0.3) is 0 Å². The van der Waals surface area contributed by atoms with Gasteiger partial charge in [-0.25, -0.2) is 4.79 Å². The molecule has 1 unspecified atom stereocenters. The number of ketones is 1. The largest absolute Gasteiger partial charge is 2.00 e. The first kappa shape index (κ1) is 11.4. The van der Waals surface area contributed by atoms with Gasteiger partial charge in [-0.3, -0.25) is 4.79 Å². The third-order valence-corrected chi connectivity index (χ3v) is 1.53. The number of rotatable bonds is 1. The molecule has 5 heteroatoms. The van der Waals surface area contributed by atoms with Gasteiger partial charge in [0.25, 0.3) is 11.3 Å². The molecule has 0 aromatic rings. The van der Waals surface area contributed by atoms with Crippen LogP contribution < -0.4 is 0 Å². The fraction of sp³-hybridized carbons (Fsp3) is 0.429. The zero-order chi connectivity index (χ0) is 8.59. The molecule has 0 radical (unpaired) electrons. The van der Waals surface area contributed by atoms with Crippen LogP contribution in [0.4, 0.5) is 0 Å².